The quantitative estimate of drug-likeness (QED) is 0.639. The summed E-state index contributed by atoms with van der Waals surface area (Å²) in [7, 11) is 0. The fourth-order valence-corrected chi connectivity index (χ4v) is 4.51. The fourth-order valence-electron chi connectivity index (χ4n) is 4.51. The van der Waals surface area contributed by atoms with E-state index in [1.54, 1.807) is 0 Å². The number of piperazine rings is 1. The number of nitrogens with zero attached hydrogens (tertiary/aromatic N) is 2. The Morgan fingerprint density at radius 2 is 1.48 bits per heavy atom. The van der Waals surface area contributed by atoms with Crippen molar-refractivity contribution in [2.45, 2.75) is 78.7 Å². The van der Waals surface area contributed by atoms with E-state index in [0.717, 1.165) is 17.8 Å². The first-order valence-corrected chi connectivity index (χ1v) is 10.1. The Kier molecular flexibility index (Phi) is 7.46. The lowest BCUT2D eigenvalue weighted by atomic mass is 9.77. The molecule has 2 rings (SSSR count). The Morgan fingerprint density at radius 1 is 0.913 bits per heavy atom. The second-order valence-electron chi connectivity index (χ2n) is 8.74. The molecule has 0 atom stereocenters. The molecule has 1 heterocycles. The average molecular weight is 321 g/mol. The Labute approximate surface area is 145 Å². The summed E-state index contributed by atoms with van der Waals surface area (Å²) in [6.07, 6.45) is 9.92. The van der Waals surface area contributed by atoms with Crippen LogP contribution in [-0.4, -0.2) is 42.0 Å². The van der Waals surface area contributed by atoms with E-state index in [9.17, 15) is 0 Å². The summed E-state index contributed by atoms with van der Waals surface area (Å²) in [5, 5.41) is 0. The van der Waals surface area contributed by atoms with Crippen molar-refractivity contribution in [2.75, 3.05) is 26.2 Å². The summed E-state index contributed by atoms with van der Waals surface area (Å²) >= 11 is 0. The first-order chi connectivity index (χ1) is 11.0. The van der Waals surface area contributed by atoms with E-state index in [2.05, 4.69) is 44.1 Å². The molecule has 0 amide bonds. The summed E-state index contributed by atoms with van der Waals surface area (Å²) < 4.78 is 0. The molecule has 0 spiro atoms. The van der Waals surface area contributed by atoms with Crippen molar-refractivity contribution in [1.82, 2.24) is 9.80 Å². The number of allylic oxidation sites excluding steroid dienone is 1. The molecule has 134 valence electrons. The highest BCUT2D eigenvalue weighted by Gasteiger charge is 2.23. The summed E-state index contributed by atoms with van der Waals surface area (Å²) in [5.41, 5.74) is 1.40. The Balaban J connectivity index is 1.62. The first kappa shape index (κ1) is 18.8. The van der Waals surface area contributed by atoms with Crippen LogP contribution in [0.1, 0.15) is 72.6 Å². The van der Waals surface area contributed by atoms with Gasteiger partial charge in [0, 0.05) is 37.9 Å². The van der Waals surface area contributed by atoms with E-state index in [1.165, 1.54) is 76.8 Å². The van der Waals surface area contributed by atoms with Gasteiger partial charge in [-0.2, -0.15) is 0 Å². The van der Waals surface area contributed by atoms with Gasteiger partial charge in [0.05, 0.1) is 0 Å². The van der Waals surface area contributed by atoms with E-state index in [0.29, 0.717) is 6.04 Å². The molecule has 0 radical (unpaired) electrons. The minimum absolute atomic E-state index is 0.687. The molecule has 23 heavy (non-hydrogen) atoms. The highest BCUT2D eigenvalue weighted by Crippen LogP contribution is 2.35. The standard InChI is InChI=1S/C21H40N2/c1-17(2)16-21-10-8-20(9-11-21)7-6-19(5)23-14-12-22(13-15-23)18(3)4/h17-18,20-21H,5-16H2,1-4H3. The maximum atomic E-state index is 4.39. The van der Waals surface area contributed by atoms with Gasteiger partial charge in [-0.1, -0.05) is 46.1 Å². The minimum atomic E-state index is 0.687. The number of hydrogen-bond donors (Lipinski definition) is 0. The number of hydrogen-bond acceptors (Lipinski definition) is 2. The lowest BCUT2D eigenvalue weighted by Gasteiger charge is -2.39. The maximum absolute atomic E-state index is 4.39. The molecule has 0 N–H and O–H groups in total. The van der Waals surface area contributed by atoms with Gasteiger partial charge in [-0.25, -0.2) is 0 Å². The number of rotatable bonds is 7. The molecule has 1 aliphatic heterocycles. The van der Waals surface area contributed by atoms with E-state index in [4.69, 9.17) is 0 Å². The van der Waals surface area contributed by atoms with Crippen molar-refractivity contribution >= 4 is 0 Å². The topological polar surface area (TPSA) is 6.48 Å². The van der Waals surface area contributed by atoms with Crippen LogP contribution >= 0.6 is 0 Å². The molecule has 0 aromatic rings. The fraction of sp³-hybridized carbons (Fsp3) is 0.905. The normalized spacial score (nSPS) is 27.0. The summed E-state index contributed by atoms with van der Waals surface area (Å²) in [4.78, 5) is 5.13. The molecule has 2 fully saturated rings. The van der Waals surface area contributed by atoms with Crippen LogP contribution in [0.3, 0.4) is 0 Å². The van der Waals surface area contributed by atoms with Crippen LogP contribution in [-0.2, 0) is 0 Å². The van der Waals surface area contributed by atoms with Gasteiger partial charge < -0.3 is 4.90 Å². The zero-order valence-electron chi connectivity index (χ0n) is 16.2. The maximum Gasteiger partial charge on any atom is 0.0303 e. The molecule has 1 saturated carbocycles. The Morgan fingerprint density at radius 3 is 2.00 bits per heavy atom. The van der Waals surface area contributed by atoms with Crippen LogP contribution in [0.4, 0.5) is 0 Å². The zero-order valence-corrected chi connectivity index (χ0v) is 16.2. The molecule has 0 bridgehead atoms. The highest BCUT2D eigenvalue weighted by molar-refractivity contribution is 4.97. The van der Waals surface area contributed by atoms with Crippen LogP contribution in [0.5, 0.6) is 0 Å². The van der Waals surface area contributed by atoms with Gasteiger partial charge >= 0.3 is 0 Å². The smallest absolute Gasteiger partial charge is 0.0303 e. The molecule has 2 heteroatoms. The van der Waals surface area contributed by atoms with Gasteiger partial charge in [-0.3, -0.25) is 4.90 Å². The summed E-state index contributed by atoms with van der Waals surface area (Å²) in [6, 6.07) is 0.687. The average Bonchev–Trinajstić information content (AvgIpc) is 2.53. The molecule has 0 aromatic heterocycles. The monoisotopic (exact) mass is 320 g/mol. The van der Waals surface area contributed by atoms with Gasteiger partial charge in [0.2, 0.25) is 0 Å². The van der Waals surface area contributed by atoms with Crippen molar-refractivity contribution in [1.29, 1.82) is 0 Å². The molecule has 1 aliphatic carbocycles. The third kappa shape index (κ3) is 6.14. The van der Waals surface area contributed by atoms with Crippen molar-refractivity contribution in [3.63, 3.8) is 0 Å². The van der Waals surface area contributed by atoms with Gasteiger partial charge in [0.1, 0.15) is 0 Å². The lowest BCUT2D eigenvalue weighted by molar-refractivity contribution is 0.126. The Hall–Kier alpha value is -0.500. The Bertz CT molecular complexity index is 345. The lowest BCUT2D eigenvalue weighted by Crippen LogP contribution is -2.48. The third-order valence-electron chi connectivity index (χ3n) is 6.10. The first-order valence-electron chi connectivity index (χ1n) is 10.1. The highest BCUT2D eigenvalue weighted by atomic mass is 15.3. The van der Waals surface area contributed by atoms with Gasteiger partial charge in [-0.15, -0.1) is 0 Å². The largest absolute Gasteiger partial charge is 0.373 e. The second kappa shape index (κ2) is 9.11. The molecule has 2 nitrogen and oxygen atoms in total. The molecule has 1 saturated heterocycles. The van der Waals surface area contributed by atoms with Crippen molar-refractivity contribution in [3.8, 4) is 0 Å². The summed E-state index contributed by atoms with van der Waals surface area (Å²) in [5.74, 6) is 2.85. The van der Waals surface area contributed by atoms with E-state index in [-0.39, 0.29) is 0 Å². The minimum Gasteiger partial charge on any atom is -0.373 e. The van der Waals surface area contributed by atoms with Gasteiger partial charge in [0.25, 0.3) is 0 Å². The predicted molar refractivity (Wildman–Crippen MR) is 102 cm³/mol. The van der Waals surface area contributed by atoms with Crippen LogP contribution in [0, 0.1) is 17.8 Å². The summed E-state index contributed by atoms with van der Waals surface area (Å²) in [6.45, 7) is 18.5. The molecule has 2 aliphatic rings. The van der Waals surface area contributed by atoms with E-state index in [1.807, 2.05) is 0 Å². The van der Waals surface area contributed by atoms with Crippen LogP contribution in [0.15, 0.2) is 12.3 Å². The van der Waals surface area contributed by atoms with Gasteiger partial charge in [-0.05, 0) is 50.9 Å². The van der Waals surface area contributed by atoms with Crippen molar-refractivity contribution < 1.29 is 0 Å². The van der Waals surface area contributed by atoms with Crippen LogP contribution in [0.2, 0.25) is 0 Å². The molecular weight excluding hydrogens is 280 g/mol. The van der Waals surface area contributed by atoms with Crippen molar-refractivity contribution in [3.05, 3.63) is 12.3 Å². The molecule has 0 unspecified atom stereocenters. The molecular formula is C21H40N2. The zero-order chi connectivity index (χ0) is 16.8. The van der Waals surface area contributed by atoms with Crippen LogP contribution in [0.25, 0.3) is 0 Å². The third-order valence-corrected chi connectivity index (χ3v) is 6.10. The second-order valence-corrected chi connectivity index (χ2v) is 8.74. The van der Waals surface area contributed by atoms with Gasteiger partial charge in [0.15, 0.2) is 0 Å². The predicted octanol–water partition coefficient (Wildman–Crippen LogP) is 5.16. The van der Waals surface area contributed by atoms with Crippen LogP contribution < -0.4 is 0 Å². The SMILES string of the molecule is C=C(CCC1CCC(CC(C)C)CC1)N1CCN(C(C)C)CC1. The van der Waals surface area contributed by atoms with E-state index < -0.39 is 0 Å². The molecule has 0 aromatic carbocycles. The van der Waals surface area contributed by atoms with E-state index >= 15 is 0 Å². The van der Waals surface area contributed by atoms with Crippen molar-refractivity contribution in [2.24, 2.45) is 17.8 Å².